The number of carboxylic acids is 1. The number of carbonyl (C=O) groups is 2. The lowest BCUT2D eigenvalue weighted by Crippen LogP contribution is -2.47. The molecule has 1 amide bonds. The number of amides is 1. The van der Waals surface area contributed by atoms with E-state index in [4.69, 9.17) is 9.84 Å². The molecule has 5 rings (SSSR count). The summed E-state index contributed by atoms with van der Waals surface area (Å²) >= 11 is 1.37. The maximum atomic E-state index is 13.8. The molecular formula is C29H36F3N7O4S. The second kappa shape index (κ2) is 13.6. The first kappa shape index (κ1) is 31.9. The van der Waals surface area contributed by atoms with Crippen LogP contribution in [0, 0.1) is 0 Å². The van der Waals surface area contributed by atoms with Crippen LogP contribution in [0.5, 0.6) is 5.75 Å². The molecule has 238 valence electrons. The quantitative estimate of drug-likeness (QED) is 0.357. The van der Waals surface area contributed by atoms with Crippen LogP contribution in [-0.4, -0.2) is 101 Å². The highest BCUT2D eigenvalue weighted by molar-refractivity contribution is 8.04. The van der Waals surface area contributed by atoms with Crippen molar-refractivity contribution in [1.29, 1.82) is 0 Å². The minimum absolute atomic E-state index is 0.0995. The van der Waals surface area contributed by atoms with Crippen LogP contribution < -0.4 is 20.3 Å². The van der Waals surface area contributed by atoms with Crippen LogP contribution in [0.1, 0.15) is 47.8 Å². The van der Waals surface area contributed by atoms with Gasteiger partial charge in [-0.15, -0.1) is 0 Å². The third kappa shape index (κ3) is 7.56. The van der Waals surface area contributed by atoms with Gasteiger partial charge < -0.3 is 25.4 Å². The van der Waals surface area contributed by atoms with Gasteiger partial charge in [-0.25, -0.2) is 9.97 Å². The minimum Gasteiger partial charge on any atom is -0.496 e. The molecule has 11 nitrogen and oxygen atoms in total. The molecule has 2 saturated heterocycles. The molecule has 15 heteroatoms. The highest BCUT2D eigenvalue weighted by Gasteiger charge is 2.36. The molecule has 0 radical (unpaired) electrons. The smallest absolute Gasteiger partial charge is 0.419 e. The highest BCUT2D eigenvalue weighted by atomic mass is 32.2. The first-order valence-corrected chi connectivity index (χ1v) is 15.4. The van der Waals surface area contributed by atoms with E-state index < -0.39 is 29.1 Å². The van der Waals surface area contributed by atoms with Crippen LogP contribution in [0.15, 0.2) is 35.5 Å². The van der Waals surface area contributed by atoms with Gasteiger partial charge in [0.25, 0.3) is 5.91 Å². The third-order valence-corrected chi connectivity index (χ3v) is 9.21. The molecule has 4 heterocycles. The lowest BCUT2D eigenvalue weighted by Gasteiger charge is -2.34. The first-order valence-electron chi connectivity index (χ1n) is 14.5. The van der Waals surface area contributed by atoms with Gasteiger partial charge in [-0.3, -0.25) is 19.4 Å². The Morgan fingerprint density at radius 2 is 1.93 bits per heavy atom. The summed E-state index contributed by atoms with van der Waals surface area (Å²) in [5.74, 6) is -0.916. The monoisotopic (exact) mass is 635 g/mol. The predicted molar refractivity (Wildman–Crippen MR) is 160 cm³/mol. The standard InChI is InChI=1S/C29H36F3N7O4S/c1-18-4-3-8-39(18)17-23-26(19-5-6-22(43-2)20(14-19)29(30,31)32)35-28(44-23)36-27(42)21-15-34-24(16-33-21)38-12-10-37(11-13-38)9-7-25(40)41/h5-6,14-16,18,28,35H,3-4,7-13,17H2,1-2H3,(H,36,42)(H,40,41). The molecule has 3 N–H and O–H groups in total. The van der Waals surface area contributed by atoms with E-state index >= 15 is 0 Å². The number of halogens is 3. The Labute approximate surface area is 257 Å². The Bertz CT molecular complexity index is 1380. The van der Waals surface area contributed by atoms with Crippen LogP contribution >= 0.6 is 11.8 Å². The van der Waals surface area contributed by atoms with Gasteiger partial charge in [0, 0.05) is 50.2 Å². The van der Waals surface area contributed by atoms with E-state index in [1.807, 2.05) is 4.90 Å². The average Bonchev–Trinajstić information content (AvgIpc) is 3.60. The maximum absolute atomic E-state index is 13.8. The van der Waals surface area contributed by atoms with Crippen LogP contribution in [0.2, 0.25) is 0 Å². The first-order chi connectivity index (χ1) is 21.0. The maximum Gasteiger partial charge on any atom is 0.419 e. The van der Waals surface area contributed by atoms with Gasteiger partial charge in [-0.1, -0.05) is 11.8 Å². The van der Waals surface area contributed by atoms with E-state index in [1.165, 1.54) is 37.3 Å². The number of hydrogen-bond acceptors (Lipinski definition) is 10. The molecule has 1 aromatic heterocycles. The summed E-state index contributed by atoms with van der Waals surface area (Å²) in [6, 6.07) is 4.33. The number of alkyl halides is 3. The Balaban J connectivity index is 1.26. The number of aromatic nitrogens is 2. The molecule has 44 heavy (non-hydrogen) atoms. The number of thioether (sulfide) groups is 1. The topological polar surface area (TPSA) is 123 Å². The van der Waals surface area contributed by atoms with Crippen molar-refractivity contribution in [2.75, 3.05) is 57.8 Å². The van der Waals surface area contributed by atoms with Crippen molar-refractivity contribution in [2.45, 2.75) is 43.9 Å². The summed E-state index contributed by atoms with van der Waals surface area (Å²) in [6.07, 6.45) is 0.554. The number of anilines is 1. The Kier molecular flexibility index (Phi) is 9.85. The van der Waals surface area contributed by atoms with Crippen LogP contribution in [0.3, 0.4) is 0 Å². The van der Waals surface area contributed by atoms with Crippen molar-refractivity contribution in [2.24, 2.45) is 0 Å². The third-order valence-electron chi connectivity index (χ3n) is 8.12. The second-order valence-electron chi connectivity index (χ2n) is 11.0. The van der Waals surface area contributed by atoms with Crippen molar-refractivity contribution < 1.29 is 32.6 Å². The average molecular weight is 636 g/mol. The number of piperazine rings is 1. The number of aliphatic carboxylic acids is 1. The molecule has 2 aromatic rings. The summed E-state index contributed by atoms with van der Waals surface area (Å²) in [4.78, 5) is 40.0. The lowest BCUT2D eigenvalue weighted by molar-refractivity contribution is -0.139. The number of hydrogen-bond donors (Lipinski definition) is 3. The summed E-state index contributed by atoms with van der Waals surface area (Å²) < 4.78 is 46.4. The van der Waals surface area contributed by atoms with Crippen LogP contribution in [-0.2, 0) is 11.0 Å². The molecule has 2 unspecified atom stereocenters. The van der Waals surface area contributed by atoms with Crippen molar-refractivity contribution in [3.8, 4) is 5.75 Å². The molecule has 2 fully saturated rings. The number of rotatable bonds is 10. The fraction of sp³-hybridized carbons (Fsp3) is 0.517. The number of carboxylic acid groups (broad SMARTS) is 1. The van der Waals surface area contributed by atoms with Gasteiger partial charge in [0.15, 0.2) is 5.50 Å². The number of nitrogens with zero attached hydrogens (tertiary/aromatic N) is 5. The molecular weight excluding hydrogens is 599 g/mol. The van der Waals surface area contributed by atoms with E-state index in [1.54, 1.807) is 6.07 Å². The van der Waals surface area contributed by atoms with Gasteiger partial charge in [-0.2, -0.15) is 13.2 Å². The van der Waals surface area contributed by atoms with E-state index in [2.05, 4.69) is 37.3 Å². The molecule has 3 aliphatic heterocycles. The van der Waals surface area contributed by atoms with E-state index in [-0.39, 0.29) is 17.9 Å². The predicted octanol–water partition coefficient (Wildman–Crippen LogP) is 3.30. The van der Waals surface area contributed by atoms with Crippen molar-refractivity contribution in [3.05, 3.63) is 52.3 Å². The van der Waals surface area contributed by atoms with E-state index in [0.29, 0.717) is 62.4 Å². The SMILES string of the molecule is COc1ccc(C2=C(CN3CCCC3C)SC(NC(=O)c3cnc(N4CCN(CCC(=O)O)CC4)cn3)N2)cc1C(F)(F)F. The largest absolute Gasteiger partial charge is 0.496 e. The molecule has 0 aliphatic carbocycles. The minimum atomic E-state index is -4.59. The van der Waals surface area contributed by atoms with Gasteiger partial charge in [0.1, 0.15) is 17.3 Å². The van der Waals surface area contributed by atoms with E-state index in [9.17, 15) is 22.8 Å². The number of nitrogens with one attached hydrogen (secondary N) is 2. The number of methoxy groups -OCH3 is 1. The fourth-order valence-corrected chi connectivity index (χ4v) is 6.78. The summed E-state index contributed by atoms with van der Waals surface area (Å²) in [7, 11) is 1.21. The number of likely N-dealkylation sites (tertiary alicyclic amines) is 1. The number of carbonyl (C=O) groups excluding carboxylic acids is 1. The summed E-state index contributed by atoms with van der Waals surface area (Å²) in [5.41, 5.74) is -0.478. The van der Waals surface area contributed by atoms with Gasteiger partial charge in [0.2, 0.25) is 0 Å². The lowest BCUT2D eigenvalue weighted by atomic mass is 10.1. The van der Waals surface area contributed by atoms with E-state index in [0.717, 1.165) is 30.4 Å². The number of benzene rings is 1. The summed E-state index contributed by atoms with van der Waals surface area (Å²) in [6.45, 7) is 6.81. The highest BCUT2D eigenvalue weighted by Crippen LogP contribution is 2.41. The molecule has 1 aromatic carbocycles. The van der Waals surface area contributed by atoms with Gasteiger partial charge >= 0.3 is 12.1 Å². The molecule has 0 spiro atoms. The van der Waals surface area contributed by atoms with Crippen molar-refractivity contribution in [1.82, 2.24) is 30.4 Å². The van der Waals surface area contributed by atoms with Crippen molar-refractivity contribution in [3.63, 3.8) is 0 Å². The Hall–Kier alpha value is -3.56. The van der Waals surface area contributed by atoms with Gasteiger partial charge in [0.05, 0.1) is 37.2 Å². The second-order valence-corrected chi connectivity index (χ2v) is 12.2. The zero-order valence-electron chi connectivity index (χ0n) is 24.6. The molecule has 3 aliphatic rings. The van der Waals surface area contributed by atoms with Gasteiger partial charge in [-0.05, 0) is 50.1 Å². The molecule has 0 saturated carbocycles. The zero-order valence-corrected chi connectivity index (χ0v) is 25.4. The molecule has 0 bridgehead atoms. The number of ether oxygens (including phenoxy) is 1. The van der Waals surface area contributed by atoms with Crippen LogP contribution in [0.25, 0.3) is 5.70 Å². The normalized spacial score (nSPS) is 21.4. The van der Waals surface area contributed by atoms with Crippen molar-refractivity contribution >= 4 is 35.2 Å². The Morgan fingerprint density at radius 1 is 1.16 bits per heavy atom. The zero-order chi connectivity index (χ0) is 31.4. The summed E-state index contributed by atoms with van der Waals surface area (Å²) in [5, 5.41) is 15.0. The van der Waals surface area contributed by atoms with Crippen LogP contribution in [0.4, 0.5) is 19.0 Å². The molecule has 2 atom stereocenters. The Morgan fingerprint density at radius 3 is 2.55 bits per heavy atom. The fourth-order valence-electron chi connectivity index (χ4n) is 5.61.